The van der Waals surface area contributed by atoms with Crippen molar-refractivity contribution >= 4 is 17.6 Å². The summed E-state index contributed by atoms with van der Waals surface area (Å²) in [5.74, 6) is -1.39. The molecule has 1 heterocycles. The second-order valence-electron chi connectivity index (χ2n) is 5.49. The molecule has 0 fully saturated rings. The van der Waals surface area contributed by atoms with Crippen molar-refractivity contribution in [1.29, 1.82) is 0 Å². The van der Waals surface area contributed by atoms with Crippen LogP contribution in [0, 0.1) is 0 Å². The molecule has 2 aromatic rings. The van der Waals surface area contributed by atoms with Crippen LogP contribution in [0.25, 0.3) is 5.69 Å². The number of carbonyl (C=O) groups excluding carboxylic acids is 2. The largest absolute Gasteiger partial charge is 0.462 e. The number of hydrogen-bond acceptors (Lipinski definition) is 5. The summed E-state index contributed by atoms with van der Waals surface area (Å²) in [6, 6.07) is 5.76. The number of alkyl halides is 3. The minimum atomic E-state index is -4.83. The van der Waals surface area contributed by atoms with Crippen LogP contribution in [-0.2, 0) is 15.7 Å². The highest BCUT2D eigenvalue weighted by molar-refractivity contribution is 5.92. The second kappa shape index (κ2) is 8.67. The van der Waals surface area contributed by atoms with E-state index in [1.54, 1.807) is 13.1 Å². The smallest absolute Gasteiger partial charge is 0.434 e. The molecule has 0 spiro atoms. The van der Waals surface area contributed by atoms with Crippen molar-refractivity contribution in [3.63, 3.8) is 0 Å². The first-order valence-electron chi connectivity index (χ1n) is 8.15. The van der Waals surface area contributed by atoms with E-state index in [2.05, 4.69) is 20.5 Å². The maximum atomic E-state index is 13.5. The van der Waals surface area contributed by atoms with Crippen LogP contribution in [0.2, 0.25) is 0 Å². The standard InChI is InChI=1S/C17H19F3N4O3/c1-3-27-16(26)13-10-22-24(15(13)17(18,19)20)12-6-4-5-11(9-12)23-14(25)7-8-21-2/h4-6,9-10,21H,3,7-8H2,1-2H3,(H,23,25). The van der Waals surface area contributed by atoms with E-state index in [9.17, 15) is 22.8 Å². The molecule has 10 heteroatoms. The summed E-state index contributed by atoms with van der Waals surface area (Å²) in [5, 5.41) is 9.13. The third kappa shape index (κ3) is 5.07. The molecule has 1 aromatic heterocycles. The Morgan fingerprint density at radius 1 is 1.30 bits per heavy atom. The average molecular weight is 384 g/mol. The molecule has 0 radical (unpaired) electrons. The summed E-state index contributed by atoms with van der Waals surface area (Å²) in [6.45, 7) is 1.90. The number of benzene rings is 1. The molecule has 0 aliphatic carbocycles. The van der Waals surface area contributed by atoms with Gasteiger partial charge in [0.2, 0.25) is 5.91 Å². The number of hydrogen-bond donors (Lipinski definition) is 2. The van der Waals surface area contributed by atoms with Crippen LogP contribution in [0.15, 0.2) is 30.5 Å². The first kappa shape index (κ1) is 20.4. The van der Waals surface area contributed by atoms with Crippen LogP contribution < -0.4 is 10.6 Å². The maximum absolute atomic E-state index is 13.5. The Kier molecular flexibility index (Phi) is 6.56. The predicted molar refractivity (Wildman–Crippen MR) is 91.7 cm³/mol. The zero-order chi connectivity index (χ0) is 20.0. The minimum absolute atomic E-state index is 0.0456. The SMILES string of the molecule is CCOC(=O)c1cnn(-c2cccc(NC(=O)CCNC)c2)c1C(F)(F)F. The van der Waals surface area contributed by atoms with Crippen LogP contribution in [0.5, 0.6) is 0 Å². The molecule has 0 saturated carbocycles. The number of nitrogens with one attached hydrogen (secondary N) is 2. The van der Waals surface area contributed by atoms with E-state index in [0.29, 0.717) is 16.9 Å². The van der Waals surface area contributed by atoms with Crippen molar-refractivity contribution in [1.82, 2.24) is 15.1 Å². The molecule has 7 nitrogen and oxygen atoms in total. The Balaban J connectivity index is 2.39. The zero-order valence-corrected chi connectivity index (χ0v) is 14.8. The lowest BCUT2D eigenvalue weighted by atomic mass is 10.2. The van der Waals surface area contributed by atoms with E-state index in [-0.39, 0.29) is 24.6 Å². The van der Waals surface area contributed by atoms with Crippen LogP contribution in [0.4, 0.5) is 18.9 Å². The molecule has 27 heavy (non-hydrogen) atoms. The number of carbonyl (C=O) groups is 2. The number of amides is 1. The maximum Gasteiger partial charge on any atom is 0.434 e. The second-order valence-corrected chi connectivity index (χ2v) is 5.49. The summed E-state index contributed by atoms with van der Waals surface area (Å²) >= 11 is 0. The minimum Gasteiger partial charge on any atom is -0.462 e. The normalized spacial score (nSPS) is 11.3. The number of anilines is 1. The number of ether oxygens (including phenoxy) is 1. The lowest BCUT2D eigenvalue weighted by Gasteiger charge is -2.13. The van der Waals surface area contributed by atoms with Crippen molar-refractivity contribution in [3.8, 4) is 5.69 Å². The Labute approximate surface area is 153 Å². The van der Waals surface area contributed by atoms with E-state index in [4.69, 9.17) is 0 Å². The van der Waals surface area contributed by atoms with Gasteiger partial charge in [-0.05, 0) is 32.2 Å². The van der Waals surface area contributed by atoms with Crippen LogP contribution >= 0.6 is 0 Å². The van der Waals surface area contributed by atoms with Gasteiger partial charge < -0.3 is 15.4 Å². The lowest BCUT2D eigenvalue weighted by Crippen LogP contribution is -2.19. The Morgan fingerprint density at radius 2 is 2.04 bits per heavy atom. The fourth-order valence-corrected chi connectivity index (χ4v) is 2.35. The topological polar surface area (TPSA) is 85.2 Å². The Hall–Kier alpha value is -2.88. The van der Waals surface area contributed by atoms with Crippen molar-refractivity contribution in [3.05, 3.63) is 41.7 Å². The van der Waals surface area contributed by atoms with Gasteiger partial charge in [-0.1, -0.05) is 6.07 Å². The number of rotatable bonds is 7. The molecule has 0 bridgehead atoms. The van der Waals surface area contributed by atoms with E-state index < -0.39 is 23.4 Å². The third-order valence-electron chi connectivity index (χ3n) is 3.51. The molecule has 0 saturated heterocycles. The van der Waals surface area contributed by atoms with Gasteiger partial charge in [-0.15, -0.1) is 0 Å². The summed E-state index contributed by atoms with van der Waals surface area (Å²) in [7, 11) is 1.70. The van der Waals surface area contributed by atoms with Gasteiger partial charge in [0.05, 0.1) is 18.5 Å². The van der Waals surface area contributed by atoms with Crippen LogP contribution in [0.1, 0.15) is 29.4 Å². The van der Waals surface area contributed by atoms with Crippen molar-refractivity contribution in [2.24, 2.45) is 0 Å². The number of halogens is 3. The average Bonchev–Trinajstić information content (AvgIpc) is 3.06. The van der Waals surface area contributed by atoms with E-state index >= 15 is 0 Å². The molecule has 146 valence electrons. The highest BCUT2D eigenvalue weighted by Gasteiger charge is 2.41. The van der Waals surface area contributed by atoms with Gasteiger partial charge in [-0.3, -0.25) is 4.79 Å². The lowest BCUT2D eigenvalue weighted by molar-refractivity contribution is -0.143. The monoisotopic (exact) mass is 384 g/mol. The highest BCUT2D eigenvalue weighted by atomic mass is 19.4. The molecule has 2 rings (SSSR count). The summed E-state index contributed by atoms with van der Waals surface area (Å²) in [4.78, 5) is 23.6. The van der Waals surface area contributed by atoms with Crippen molar-refractivity contribution in [2.45, 2.75) is 19.5 Å². The molecule has 2 N–H and O–H groups in total. The van der Waals surface area contributed by atoms with Gasteiger partial charge in [0.25, 0.3) is 0 Å². The van der Waals surface area contributed by atoms with E-state index in [1.807, 2.05) is 0 Å². The first-order chi connectivity index (χ1) is 12.8. The van der Waals surface area contributed by atoms with Gasteiger partial charge in [-0.2, -0.15) is 18.3 Å². The van der Waals surface area contributed by atoms with Crippen molar-refractivity contribution in [2.75, 3.05) is 25.5 Å². The molecular formula is C17H19F3N4O3. The highest BCUT2D eigenvalue weighted by Crippen LogP contribution is 2.34. The summed E-state index contributed by atoms with van der Waals surface area (Å²) in [6.07, 6.45) is -3.80. The van der Waals surface area contributed by atoms with Gasteiger partial charge in [0.15, 0.2) is 5.69 Å². The van der Waals surface area contributed by atoms with E-state index in [0.717, 1.165) is 6.20 Å². The molecular weight excluding hydrogens is 365 g/mol. The summed E-state index contributed by atoms with van der Waals surface area (Å²) < 4.78 is 45.9. The third-order valence-corrected chi connectivity index (χ3v) is 3.51. The number of esters is 1. The molecule has 0 aliphatic heterocycles. The molecule has 1 amide bonds. The van der Waals surface area contributed by atoms with Crippen molar-refractivity contribution < 1.29 is 27.5 Å². The van der Waals surface area contributed by atoms with Gasteiger partial charge in [0, 0.05) is 18.7 Å². The number of nitrogens with zero attached hydrogens (tertiary/aromatic N) is 2. The quantitative estimate of drug-likeness (QED) is 0.717. The number of aromatic nitrogens is 2. The Morgan fingerprint density at radius 3 is 2.67 bits per heavy atom. The first-order valence-corrected chi connectivity index (χ1v) is 8.15. The zero-order valence-electron chi connectivity index (χ0n) is 14.8. The molecule has 0 aliphatic rings. The summed E-state index contributed by atoms with van der Waals surface area (Å²) in [5.41, 5.74) is -1.55. The molecule has 0 atom stereocenters. The van der Waals surface area contributed by atoms with Gasteiger partial charge in [0.1, 0.15) is 5.56 Å². The van der Waals surface area contributed by atoms with E-state index in [1.165, 1.54) is 25.1 Å². The van der Waals surface area contributed by atoms with Crippen LogP contribution in [0.3, 0.4) is 0 Å². The molecule has 1 aromatic carbocycles. The molecule has 0 unspecified atom stereocenters. The fourth-order valence-electron chi connectivity index (χ4n) is 2.35. The van der Waals surface area contributed by atoms with Crippen LogP contribution in [-0.4, -0.2) is 41.9 Å². The fraction of sp³-hybridized carbons (Fsp3) is 0.353. The van der Waals surface area contributed by atoms with Gasteiger partial charge in [-0.25, -0.2) is 9.48 Å². The predicted octanol–water partition coefficient (Wildman–Crippen LogP) is 2.62. The Bertz CT molecular complexity index is 818. The van der Waals surface area contributed by atoms with Gasteiger partial charge >= 0.3 is 12.1 Å².